The number of amides is 1. The zero-order chi connectivity index (χ0) is 25.5. The van der Waals surface area contributed by atoms with E-state index < -0.39 is 28.3 Å². The Balaban J connectivity index is 1.51. The summed E-state index contributed by atoms with van der Waals surface area (Å²) in [5.74, 6) is -1.16. The predicted octanol–water partition coefficient (Wildman–Crippen LogP) is 4.98. The lowest BCUT2D eigenvalue weighted by Gasteiger charge is -2.27. The number of carbonyl (C=O) groups excluding carboxylic acids is 1. The van der Waals surface area contributed by atoms with E-state index in [0.717, 1.165) is 41.1 Å². The van der Waals surface area contributed by atoms with E-state index in [-0.39, 0.29) is 22.2 Å². The van der Waals surface area contributed by atoms with Gasteiger partial charge in [-0.2, -0.15) is 0 Å². The molecule has 1 saturated heterocycles. The molecular formula is C27H29ClFN3O3S. The Kier molecular flexibility index (Phi) is 8.61. The highest BCUT2D eigenvalue weighted by Crippen LogP contribution is 2.27. The lowest BCUT2D eigenvalue weighted by molar-refractivity contribution is -0.119. The lowest BCUT2D eigenvalue weighted by Crippen LogP contribution is -2.40. The van der Waals surface area contributed by atoms with Crippen molar-refractivity contribution in [3.8, 4) is 0 Å². The normalized spacial score (nSPS) is 14.4. The first-order valence-electron chi connectivity index (χ1n) is 11.9. The third kappa shape index (κ3) is 6.43. The van der Waals surface area contributed by atoms with Gasteiger partial charge in [0, 0.05) is 13.1 Å². The van der Waals surface area contributed by atoms with E-state index in [2.05, 4.69) is 16.3 Å². The predicted molar refractivity (Wildman–Crippen MR) is 140 cm³/mol. The second-order valence-electron chi connectivity index (χ2n) is 8.81. The summed E-state index contributed by atoms with van der Waals surface area (Å²) in [6, 6.07) is 19.3. The summed E-state index contributed by atoms with van der Waals surface area (Å²) in [6.07, 6.45) is 3.64. The zero-order valence-corrected chi connectivity index (χ0v) is 21.4. The van der Waals surface area contributed by atoms with Crippen molar-refractivity contribution in [3.05, 3.63) is 94.8 Å². The van der Waals surface area contributed by atoms with Crippen molar-refractivity contribution in [1.82, 2.24) is 10.2 Å². The number of anilines is 1. The van der Waals surface area contributed by atoms with Crippen molar-refractivity contribution in [2.45, 2.75) is 37.2 Å². The maximum absolute atomic E-state index is 13.8. The topological polar surface area (TPSA) is 69.7 Å². The number of sulfonamides is 1. The number of hydrogen-bond acceptors (Lipinski definition) is 4. The second kappa shape index (κ2) is 11.9. The quantitative estimate of drug-likeness (QED) is 0.424. The number of nitrogens with zero attached hydrogens (tertiary/aromatic N) is 2. The largest absolute Gasteiger partial charge is 0.350 e. The first-order valence-corrected chi connectivity index (χ1v) is 13.7. The van der Waals surface area contributed by atoms with E-state index in [4.69, 9.17) is 11.6 Å². The molecule has 0 unspecified atom stereocenters. The molecule has 1 heterocycles. The number of benzene rings is 3. The molecule has 1 fully saturated rings. The average Bonchev–Trinajstić information content (AvgIpc) is 2.89. The molecule has 0 aliphatic carbocycles. The van der Waals surface area contributed by atoms with Crippen LogP contribution in [0.4, 0.5) is 10.1 Å². The highest BCUT2D eigenvalue weighted by atomic mass is 35.5. The fraction of sp³-hybridized carbons (Fsp3) is 0.296. The monoisotopic (exact) mass is 529 g/mol. The number of hydrogen-bond donors (Lipinski definition) is 1. The average molecular weight is 530 g/mol. The van der Waals surface area contributed by atoms with Gasteiger partial charge in [0.1, 0.15) is 12.4 Å². The van der Waals surface area contributed by atoms with Gasteiger partial charge in [-0.15, -0.1) is 0 Å². The highest BCUT2D eigenvalue weighted by molar-refractivity contribution is 7.92. The van der Waals surface area contributed by atoms with Gasteiger partial charge in [0.25, 0.3) is 10.0 Å². The minimum absolute atomic E-state index is 0.0186. The zero-order valence-electron chi connectivity index (χ0n) is 19.9. The molecule has 190 valence electrons. The Bertz CT molecular complexity index is 1300. The van der Waals surface area contributed by atoms with Crippen LogP contribution in [0, 0.1) is 5.82 Å². The summed E-state index contributed by atoms with van der Waals surface area (Å²) in [5, 5.41) is 2.63. The van der Waals surface area contributed by atoms with Crippen LogP contribution in [0.15, 0.2) is 77.7 Å². The number of likely N-dealkylation sites (tertiary alicyclic amines) is 1. The maximum Gasteiger partial charge on any atom is 0.264 e. The first-order chi connectivity index (χ1) is 17.3. The van der Waals surface area contributed by atoms with Gasteiger partial charge in [-0.05, 0) is 67.4 Å². The first kappa shape index (κ1) is 26.1. The summed E-state index contributed by atoms with van der Waals surface area (Å²) in [5.41, 5.74) is 2.23. The number of halogens is 2. The molecule has 1 aliphatic rings. The Hall–Kier alpha value is -2.94. The molecule has 36 heavy (non-hydrogen) atoms. The van der Waals surface area contributed by atoms with Crippen molar-refractivity contribution in [2.75, 3.05) is 23.9 Å². The molecule has 3 aromatic carbocycles. The van der Waals surface area contributed by atoms with E-state index in [0.29, 0.717) is 0 Å². The molecule has 3 aromatic rings. The molecule has 0 radical (unpaired) electrons. The Morgan fingerprint density at radius 2 is 1.61 bits per heavy atom. The van der Waals surface area contributed by atoms with E-state index >= 15 is 0 Å². The van der Waals surface area contributed by atoms with E-state index in [1.807, 2.05) is 18.2 Å². The SMILES string of the molecule is O=C(CN(c1ccc(F)c(Cl)c1)S(=O)(=O)c1ccccc1)NCc1ccccc1CN1CCCCC1. The van der Waals surface area contributed by atoms with Crippen LogP contribution in [0.2, 0.25) is 5.02 Å². The van der Waals surface area contributed by atoms with Gasteiger partial charge in [-0.3, -0.25) is 14.0 Å². The smallest absolute Gasteiger partial charge is 0.264 e. The van der Waals surface area contributed by atoms with Crippen LogP contribution in [-0.2, 0) is 27.9 Å². The molecule has 0 bridgehead atoms. The minimum Gasteiger partial charge on any atom is -0.350 e. The van der Waals surface area contributed by atoms with Crippen LogP contribution in [-0.4, -0.2) is 38.9 Å². The van der Waals surface area contributed by atoms with Crippen LogP contribution in [0.3, 0.4) is 0 Å². The van der Waals surface area contributed by atoms with Crippen LogP contribution < -0.4 is 9.62 Å². The lowest BCUT2D eigenvalue weighted by atomic mass is 10.0. The molecule has 9 heteroatoms. The fourth-order valence-electron chi connectivity index (χ4n) is 4.30. The third-order valence-corrected chi connectivity index (χ3v) is 8.32. The molecule has 1 amide bonds. The number of piperidine rings is 1. The van der Waals surface area contributed by atoms with E-state index in [1.54, 1.807) is 18.2 Å². The highest BCUT2D eigenvalue weighted by Gasteiger charge is 2.27. The molecule has 0 atom stereocenters. The van der Waals surface area contributed by atoms with E-state index in [1.165, 1.54) is 43.5 Å². The van der Waals surface area contributed by atoms with Crippen molar-refractivity contribution >= 4 is 33.2 Å². The Morgan fingerprint density at radius 1 is 0.944 bits per heavy atom. The van der Waals surface area contributed by atoms with Crippen LogP contribution >= 0.6 is 11.6 Å². The summed E-state index contributed by atoms with van der Waals surface area (Å²) in [4.78, 5) is 15.4. The fourth-order valence-corrected chi connectivity index (χ4v) is 5.91. The van der Waals surface area contributed by atoms with Gasteiger partial charge < -0.3 is 5.32 Å². The second-order valence-corrected chi connectivity index (χ2v) is 11.1. The van der Waals surface area contributed by atoms with E-state index in [9.17, 15) is 17.6 Å². The molecule has 6 nitrogen and oxygen atoms in total. The minimum atomic E-state index is -4.10. The number of nitrogens with one attached hydrogen (secondary N) is 1. The Morgan fingerprint density at radius 3 is 2.31 bits per heavy atom. The number of rotatable bonds is 9. The van der Waals surface area contributed by atoms with Gasteiger partial charge in [-0.1, -0.05) is 60.5 Å². The summed E-state index contributed by atoms with van der Waals surface area (Å²) >= 11 is 5.93. The maximum atomic E-state index is 13.8. The molecule has 4 rings (SSSR count). The molecule has 1 N–H and O–H groups in total. The molecular weight excluding hydrogens is 501 g/mol. The standard InChI is InChI=1S/C27H29ClFN3O3S/c28-25-17-23(13-14-26(25)29)32(36(34,35)24-11-3-1-4-12-24)20-27(33)30-18-21-9-5-6-10-22(21)19-31-15-7-2-8-16-31/h1,3-6,9-14,17H,2,7-8,15-16,18-20H2,(H,30,33). The molecule has 0 spiro atoms. The van der Waals surface area contributed by atoms with Crippen LogP contribution in [0.25, 0.3) is 0 Å². The number of carbonyl (C=O) groups is 1. The van der Waals surface area contributed by atoms with Gasteiger partial charge >= 0.3 is 0 Å². The Labute approximate surface area is 216 Å². The van der Waals surface area contributed by atoms with Gasteiger partial charge in [-0.25, -0.2) is 12.8 Å². The van der Waals surface area contributed by atoms with Crippen molar-refractivity contribution in [2.24, 2.45) is 0 Å². The van der Waals surface area contributed by atoms with Gasteiger partial charge in [0.15, 0.2) is 0 Å². The van der Waals surface area contributed by atoms with Crippen LogP contribution in [0.5, 0.6) is 0 Å². The third-order valence-electron chi connectivity index (χ3n) is 6.25. The summed E-state index contributed by atoms with van der Waals surface area (Å²) in [6.45, 7) is 2.73. The van der Waals surface area contributed by atoms with Crippen LogP contribution in [0.1, 0.15) is 30.4 Å². The molecule has 0 saturated carbocycles. The summed E-state index contributed by atoms with van der Waals surface area (Å²) < 4.78 is 41.6. The van der Waals surface area contributed by atoms with Crippen molar-refractivity contribution in [1.29, 1.82) is 0 Å². The van der Waals surface area contributed by atoms with Crippen molar-refractivity contribution < 1.29 is 17.6 Å². The van der Waals surface area contributed by atoms with Crippen molar-refractivity contribution in [3.63, 3.8) is 0 Å². The summed E-state index contributed by atoms with van der Waals surface area (Å²) in [7, 11) is -4.10. The molecule has 1 aliphatic heterocycles. The molecule has 0 aromatic heterocycles. The van der Waals surface area contributed by atoms with Gasteiger partial charge in [0.05, 0.1) is 15.6 Å². The van der Waals surface area contributed by atoms with Gasteiger partial charge in [0.2, 0.25) is 5.91 Å².